The van der Waals surface area contributed by atoms with E-state index >= 15 is 0 Å². The van der Waals surface area contributed by atoms with Gasteiger partial charge in [-0.15, -0.1) is 0 Å². The lowest BCUT2D eigenvalue weighted by molar-refractivity contribution is -0.137. The van der Waals surface area contributed by atoms with E-state index in [0.717, 1.165) is 18.7 Å². The summed E-state index contributed by atoms with van der Waals surface area (Å²) in [5.74, 6) is 0.206. The fraction of sp³-hybridized carbons (Fsp3) is 0.308. The van der Waals surface area contributed by atoms with Crippen molar-refractivity contribution in [2.24, 2.45) is 0 Å². The summed E-state index contributed by atoms with van der Waals surface area (Å²) in [6.07, 6.45) is -2.23. The lowest BCUT2D eigenvalue weighted by Crippen LogP contribution is -2.10. The predicted molar refractivity (Wildman–Crippen MR) is 64.6 cm³/mol. The van der Waals surface area contributed by atoms with Crippen molar-refractivity contribution in [1.29, 1.82) is 0 Å². The quantitative estimate of drug-likeness (QED) is 0.927. The third kappa shape index (κ3) is 3.35. The Bertz CT molecular complexity index is 549. The van der Waals surface area contributed by atoms with Gasteiger partial charge in [0.05, 0.1) is 11.3 Å². The molecule has 0 fully saturated rings. The van der Waals surface area contributed by atoms with Crippen LogP contribution in [0.1, 0.15) is 11.3 Å². The van der Waals surface area contributed by atoms with Crippen molar-refractivity contribution in [3.05, 3.63) is 41.8 Å². The number of likely N-dealkylation sites (N-methyl/N-ethyl adjacent to an activating group) is 1. The van der Waals surface area contributed by atoms with Gasteiger partial charge in [0.25, 0.3) is 0 Å². The fourth-order valence-electron chi connectivity index (χ4n) is 1.64. The number of nitrogens with one attached hydrogen (secondary N) is 1. The third-order valence-electron chi connectivity index (χ3n) is 2.62. The molecule has 2 aromatic rings. The van der Waals surface area contributed by atoms with Gasteiger partial charge in [0, 0.05) is 18.5 Å². The van der Waals surface area contributed by atoms with E-state index in [1.54, 1.807) is 6.07 Å². The first-order chi connectivity index (χ1) is 9.00. The molecule has 0 amide bonds. The van der Waals surface area contributed by atoms with Crippen LogP contribution in [0.3, 0.4) is 0 Å². The molecule has 1 aromatic heterocycles. The van der Waals surface area contributed by atoms with Crippen molar-refractivity contribution in [3.63, 3.8) is 0 Å². The van der Waals surface area contributed by atoms with Crippen molar-refractivity contribution < 1.29 is 17.6 Å². The van der Waals surface area contributed by atoms with Crippen LogP contribution in [0, 0.1) is 0 Å². The lowest BCUT2D eigenvalue weighted by atomic mass is 10.1. The summed E-state index contributed by atoms with van der Waals surface area (Å²) >= 11 is 0. The first-order valence-corrected chi connectivity index (χ1v) is 5.77. The normalized spacial score (nSPS) is 11.8. The average molecular weight is 270 g/mol. The molecule has 0 saturated carbocycles. The van der Waals surface area contributed by atoms with Crippen molar-refractivity contribution >= 4 is 0 Å². The van der Waals surface area contributed by atoms with E-state index in [0.29, 0.717) is 17.7 Å². The van der Waals surface area contributed by atoms with Crippen LogP contribution < -0.4 is 5.32 Å². The number of hydrogen-bond donors (Lipinski definition) is 1. The van der Waals surface area contributed by atoms with E-state index < -0.39 is 11.7 Å². The second-order valence-corrected chi connectivity index (χ2v) is 4.08. The molecule has 0 radical (unpaired) electrons. The van der Waals surface area contributed by atoms with Gasteiger partial charge in [-0.3, -0.25) is 0 Å². The summed E-state index contributed by atoms with van der Waals surface area (Å²) in [5.41, 5.74) is 0.326. The number of halogens is 3. The number of hydrogen-bond acceptors (Lipinski definition) is 3. The molecule has 0 bridgehead atoms. The Morgan fingerprint density at radius 2 is 2.11 bits per heavy atom. The van der Waals surface area contributed by atoms with Crippen LogP contribution >= 0.6 is 0 Å². The summed E-state index contributed by atoms with van der Waals surface area (Å²) in [5, 5.41) is 2.96. The number of aromatic nitrogens is 1. The summed E-state index contributed by atoms with van der Waals surface area (Å²) in [6.45, 7) is 0.731. The van der Waals surface area contributed by atoms with E-state index in [2.05, 4.69) is 10.3 Å². The lowest BCUT2D eigenvalue weighted by Gasteiger charge is -2.06. The Hall–Kier alpha value is -1.82. The molecule has 0 atom stereocenters. The Labute approximate surface area is 108 Å². The molecule has 102 valence electrons. The average Bonchev–Trinajstić information content (AvgIpc) is 2.84. The molecule has 0 saturated heterocycles. The molecule has 0 spiro atoms. The first kappa shape index (κ1) is 13.6. The molecule has 6 heteroatoms. The van der Waals surface area contributed by atoms with Gasteiger partial charge in [-0.2, -0.15) is 13.2 Å². The zero-order valence-electron chi connectivity index (χ0n) is 10.3. The minimum Gasteiger partial charge on any atom is -0.444 e. The maximum Gasteiger partial charge on any atom is 0.416 e. The Kier molecular flexibility index (Phi) is 3.90. The maximum absolute atomic E-state index is 12.6. The molecule has 0 aliphatic rings. The van der Waals surface area contributed by atoms with Gasteiger partial charge < -0.3 is 9.73 Å². The molecule has 0 aliphatic carbocycles. The summed E-state index contributed by atoms with van der Waals surface area (Å²) in [6, 6.07) is 4.95. The van der Waals surface area contributed by atoms with E-state index in [4.69, 9.17) is 4.42 Å². The summed E-state index contributed by atoms with van der Waals surface area (Å²) in [4.78, 5) is 4.17. The zero-order chi connectivity index (χ0) is 13.9. The maximum atomic E-state index is 12.6. The van der Waals surface area contributed by atoms with Gasteiger partial charge in [-0.25, -0.2) is 4.98 Å². The van der Waals surface area contributed by atoms with E-state index in [1.807, 2.05) is 7.05 Å². The van der Waals surface area contributed by atoms with Crippen LogP contribution in [0.2, 0.25) is 0 Å². The second-order valence-electron chi connectivity index (χ2n) is 4.08. The SMILES string of the molecule is CNCCc1coc(-c2cccc(C(F)(F)F)c2)n1. The minimum absolute atomic E-state index is 0.206. The summed E-state index contributed by atoms with van der Waals surface area (Å²) < 4.78 is 43.0. The van der Waals surface area contributed by atoms with Gasteiger partial charge in [0.15, 0.2) is 0 Å². The molecule has 3 nitrogen and oxygen atoms in total. The van der Waals surface area contributed by atoms with Gasteiger partial charge in [-0.1, -0.05) is 6.07 Å². The molecule has 1 heterocycles. The standard InChI is InChI=1S/C13H13F3N2O/c1-17-6-5-11-8-19-12(18-11)9-3-2-4-10(7-9)13(14,15)16/h2-4,7-8,17H,5-6H2,1H3. The molecule has 1 aromatic carbocycles. The van der Waals surface area contributed by atoms with Gasteiger partial charge in [0.2, 0.25) is 5.89 Å². The van der Waals surface area contributed by atoms with Crippen LogP contribution in [0.25, 0.3) is 11.5 Å². The highest BCUT2D eigenvalue weighted by atomic mass is 19.4. The molecule has 1 N–H and O–H groups in total. The monoisotopic (exact) mass is 270 g/mol. The smallest absolute Gasteiger partial charge is 0.416 e. The van der Waals surface area contributed by atoms with Crippen molar-refractivity contribution in [1.82, 2.24) is 10.3 Å². The van der Waals surface area contributed by atoms with Gasteiger partial charge in [0.1, 0.15) is 6.26 Å². The summed E-state index contributed by atoms with van der Waals surface area (Å²) in [7, 11) is 1.81. The van der Waals surface area contributed by atoms with Crippen LogP contribution in [0.15, 0.2) is 34.9 Å². The number of rotatable bonds is 4. The number of oxazole rings is 1. The molecular weight excluding hydrogens is 257 g/mol. The zero-order valence-corrected chi connectivity index (χ0v) is 10.3. The predicted octanol–water partition coefficient (Wildman–Crippen LogP) is 3.12. The topological polar surface area (TPSA) is 38.1 Å². The van der Waals surface area contributed by atoms with Crippen molar-refractivity contribution in [2.75, 3.05) is 13.6 Å². The Morgan fingerprint density at radius 1 is 1.32 bits per heavy atom. The van der Waals surface area contributed by atoms with E-state index in [1.165, 1.54) is 12.3 Å². The molecular formula is C13H13F3N2O. The number of benzene rings is 1. The van der Waals surface area contributed by atoms with Crippen LogP contribution in [0.5, 0.6) is 0 Å². The van der Waals surface area contributed by atoms with Gasteiger partial charge >= 0.3 is 6.18 Å². The molecule has 19 heavy (non-hydrogen) atoms. The Morgan fingerprint density at radius 3 is 2.79 bits per heavy atom. The fourth-order valence-corrected chi connectivity index (χ4v) is 1.64. The van der Waals surface area contributed by atoms with Gasteiger partial charge in [-0.05, 0) is 25.2 Å². The van der Waals surface area contributed by atoms with Crippen molar-refractivity contribution in [3.8, 4) is 11.5 Å². The third-order valence-corrected chi connectivity index (χ3v) is 2.62. The first-order valence-electron chi connectivity index (χ1n) is 5.77. The number of alkyl halides is 3. The highest BCUT2D eigenvalue weighted by Crippen LogP contribution is 2.31. The highest BCUT2D eigenvalue weighted by Gasteiger charge is 2.30. The van der Waals surface area contributed by atoms with Crippen LogP contribution in [-0.4, -0.2) is 18.6 Å². The molecule has 0 aliphatic heterocycles. The van der Waals surface area contributed by atoms with E-state index in [-0.39, 0.29) is 5.89 Å². The van der Waals surface area contributed by atoms with Crippen LogP contribution in [0.4, 0.5) is 13.2 Å². The molecule has 0 unspecified atom stereocenters. The molecule has 2 rings (SSSR count). The largest absolute Gasteiger partial charge is 0.444 e. The van der Waals surface area contributed by atoms with E-state index in [9.17, 15) is 13.2 Å². The number of nitrogens with zero attached hydrogens (tertiary/aromatic N) is 1. The van der Waals surface area contributed by atoms with Crippen molar-refractivity contribution in [2.45, 2.75) is 12.6 Å². The second kappa shape index (κ2) is 5.44. The van der Waals surface area contributed by atoms with Crippen LogP contribution in [-0.2, 0) is 12.6 Å². The Balaban J connectivity index is 2.24. The highest BCUT2D eigenvalue weighted by molar-refractivity contribution is 5.54. The minimum atomic E-state index is -4.36.